The first kappa shape index (κ1) is 36.3. The monoisotopic (exact) mass is 700 g/mol. The topological polar surface area (TPSA) is 113 Å². The van der Waals surface area contributed by atoms with Gasteiger partial charge in [-0.1, -0.05) is 50.9 Å². The van der Waals surface area contributed by atoms with E-state index in [0.717, 1.165) is 68.7 Å². The Labute approximate surface area is 300 Å². The molecule has 0 aliphatic heterocycles. The molecule has 0 unspecified atom stereocenters. The van der Waals surface area contributed by atoms with Gasteiger partial charge >= 0.3 is 0 Å². The van der Waals surface area contributed by atoms with Crippen LogP contribution >= 0.6 is 23.2 Å². The number of nitrogens with zero attached hydrogens (tertiary/aromatic N) is 5. The van der Waals surface area contributed by atoms with Crippen molar-refractivity contribution in [2.75, 3.05) is 0 Å². The number of halogens is 2. The molecule has 2 aromatic carbocycles. The molecule has 0 atom stereocenters. The molecule has 0 saturated heterocycles. The summed E-state index contributed by atoms with van der Waals surface area (Å²) in [6, 6.07) is 14.7. The molecule has 8 nitrogen and oxygen atoms in total. The van der Waals surface area contributed by atoms with Crippen LogP contribution in [0, 0.1) is 22.7 Å². The van der Waals surface area contributed by atoms with E-state index in [9.17, 15) is 0 Å². The van der Waals surface area contributed by atoms with Gasteiger partial charge in [0.05, 0.1) is 33.4 Å². The second-order valence-corrected chi connectivity index (χ2v) is 14.6. The van der Waals surface area contributed by atoms with Crippen molar-refractivity contribution in [3.63, 3.8) is 0 Å². The molecule has 2 fully saturated rings. The number of nitriles is 2. The van der Waals surface area contributed by atoms with E-state index in [2.05, 4.69) is 66.4 Å². The number of benzene rings is 2. The van der Waals surface area contributed by atoms with Crippen molar-refractivity contribution >= 4 is 23.2 Å². The van der Waals surface area contributed by atoms with Gasteiger partial charge in [-0.3, -0.25) is 0 Å². The number of rotatable bonds is 8. The van der Waals surface area contributed by atoms with Crippen molar-refractivity contribution in [3.05, 3.63) is 93.0 Å². The predicted octanol–water partition coefficient (Wildman–Crippen LogP) is 10.3. The van der Waals surface area contributed by atoms with Gasteiger partial charge in [0.15, 0.2) is 0 Å². The summed E-state index contributed by atoms with van der Waals surface area (Å²) in [5, 5.41) is 18.8. The molecule has 4 aromatic rings. The zero-order valence-corrected chi connectivity index (χ0v) is 30.6. The van der Waals surface area contributed by atoms with E-state index in [-0.39, 0.29) is 12.2 Å². The lowest BCUT2D eigenvalue weighted by atomic mass is 9.85. The SMILES string of the molecule is CC(C)c1cnc(C2CCC(Oc3ccc(C#N)c(Cl)c3)CC2)n1C.CC(C)c1ncc(C2CCC(Oc3ccc(C#N)c(Cl)c3)CC2)[nH]1. The van der Waals surface area contributed by atoms with E-state index in [0.29, 0.717) is 44.8 Å². The number of hydrogen-bond acceptors (Lipinski definition) is 6. The lowest BCUT2D eigenvalue weighted by Gasteiger charge is -2.29. The highest BCUT2D eigenvalue weighted by Crippen LogP contribution is 2.36. The molecule has 2 aliphatic carbocycles. The Kier molecular flexibility index (Phi) is 12.3. The third-order valence-electron chi connectivity index (χ3n) is 9.69. The van der Waals surface area contributed by atoms with Crippen LogP contribution in [-0.4, -0.2) is 31.7 Å². The molecule has 2 aliphatic rings. The van der Waals surface area contributed by atoms with Gasteiger partial charge in [0.2, 0.25) is 0 Å². The van der Waals surface area contributed by atoms with Crippen LogP contribution in [0.3, 0.4) is 0 Å². The molecule has 0 radical (unpaired) electrons. The van der Waals surface area contributed by atoms with Gasteiger partial charge in [-0.05, 0) is 81.5 Å². The minimum absolute atomic E-state index is 0.199. The van der Waals surface area contributed by atoms with E-state index < -0.39 is 0 Å². The molecule has 2 aromatic heterocycles. The van der Waals surface area contributed by atoms with Crippen LogP contribution in [0.2, 0.25) is 10.0 Å². The fourth-order valence-electron chi connectivity index (χ4n) is 6.84. The molecule has 258 valence electrons. The normalized spacial score (nSPS) is 20.6. The van der Waals surface area contributed by atoms with Crippen molar-refractivity contribution in [3.8, 4) is 23.6 Å². The number of H-pyrrole nitrogens is 1. The maximum Gasteiger partial charge on any atom is 0.121 e. The zero-order chi connectivity index (χ0) is 35.1. The van der Waals surface area contributed by atoms with Crippen LogP contribution in [-0.2, 0) is 7.05 Å². The molecular formula is C39H46Cl2N6O2. The number of aromatic amines is 1. The summed E-state index contributed by atoms with van der Waals surface area (Å²) in [5.74, 6) is 5.71. The standard InChI is InChI=1S/C20H24ClN3O.C19H22ClN3O/c1-13(2)19-12-23-20(24(19)3)14-4-7-16(8-5-14)25-17-9-6-15(11-22)18(21)10-17;1-12(2)19-22-11-18(23-19)13-3-6-15(7-4-13)24-16-8-5-14(10-21)17(20)9-16/h6,9-10,12-14,16H,4-5,7-8H2,1-3H3;5,8-9,11-13,15H,3-4,6-7H2,1-2H3,(H,22,23). The smallest absolute Gasteiger partial charge is 0.121 e. The summed E-state index contributed by atoms with van der Waals surface area (Å²) in [4.78, 5) is 12.6. The van der Waals surface area contributed by atoms with Crippen molar-refractivity contribution in [2.45, 2.75) is 115 Å². The third-order valence-corrected chi connectivity index (χ3v) is 10.3. The van der Waals surface area contributed by atoms with E-state index in [1.807, 2.05) is 24.5 Å². The lowest BCUT2D eigenvalue weighted by molar-refractivity contribution is 0.144. The quantitative estimate of drug-likeness (QED) is 0.196. The fourth-order valence-corrected chi connectivity index (χ4v) is 7.27. The van der Waals surface area contributed by atoms with Crippen molar-refractivity contribution in [1.29, 1.82) is 10.5 Å². The molecule has 1 N–H and O–H groups in total. The van der Waals surface area contributed by atoms with Crippen LogP contribution < -0.4 is 9.47 Å². The van der Waals surface area contributed by atoms with Crippen LogP contribution in [0.4, 0.5) is 0 Å². The molecular weight excluding hydrogens is 655 g/mol. The Hall–Kier alpha value is -3.98. The zero-order valence-electron chi connectivity index (χ0n) is 29.0. The lowest BCUT2D eigenvalue weighted by Crippen LogP contribution is -2.24. The van der Waals surface area contributed by atoms with Crippen LogP contribution in [0.25, 0.3) is 0 Å². The molecule has 49 heavy (non-hydrogen) atoms. The van der Waals surface area contributed by atoms with Gasteiger partial charge < -0.3 is 19.0 Å². The van der Waals surface area contributed by atoms with E-state index in [1.54, 1.807) is 24.3 Å². The molecule has 6 rings (SSSR count). The van der Waals surface area contributed by atoms with Crippen molar-refractivity contribution < 1.29 is 9.47 Å². The van der Waals surface area contributed by atoms with E-state index >= 15 is 0 Å². The Morgan fingerprint density at radius 3 is 1.65 bits per heavy atom. The summed E-state index contributed by atoms with van der Waals surface area (Å²) in [6.45, 7) is 8.70. The first-order valence-corrected chi connectivity index (χ1v) is 18.1. The average molecular weight is 702 g/mol. The van der Waals surface area contributed by atoms with Gasteiger partial charge in [-0.25, -0.2) is 9.97 Å². The fraction of sp³-hybridized carbons (Fsp3) is 0.487. The van der Waals surface area contributed by atoms with Gasteiger partial charge in [0, 0.05) is 60.7 Å². The Morgan fingerprint density at radius 2 is 1.24 bits per heavy atom. The summed E-state index contributed by atoms with van der Waals surface area (Å²) in [7, 11) is 2.12. The van der Waals surface area contributed by atoms with Crippen molar-refractivity contribution in [1.82, 2.24) is 19.5 Å². The molecule has 0 spiro atoms. The Balaban J connectivity index is 0.000000191. The van der Waals surface area contributed by atoms with Crippen LogP contribution in [0.5, 0.6) is 11.5 Å². The molecule has 2 heterocycles. The largest absolute Gasteiger partial charge is 0.490 e. The van der Waals surface area contributed by atoms with Crippen LogP contribution in [0.1, 0.15) is 137 Å². The number of ether oxygens (including phenoxy) is 2. The minimum atomic E-state index is 0.199. The van der Waals surface area contributed by atoms with Gasteiger partial charge in [0.1, 0.15) is 35.3 Å². The molecule has 10 heteroatoms. The highest BCUT2D eigenvalue weighted by Gasteiger charge is 2.28. The van der Waals surface area contributed by atoms with Crippen LogP contribution in [0.15, 0.2) is 48.8 Å². The Morgan fingerprint density at radius 1 is 0.735 bits per heavy atom. The molecule has 0 amide bonds. The number of aromatic nitrogens is 4. The van der Waals surface area contributed by atoms with Crippen molar-refractivity contribution in [2.24, 2.45) is 7.05 Å². The summed E-state index contributed by atoms with van der Waals surface area (Å²) >= 11 is 12.1. The second kappa shape index (κ2) is 16.6. The minimum Gasteiger partial charge on any atom is -0.490 e. The first-order chi connectivity index (χ1) is 23.6. The maximum atomic E-state index is 8.94. The maximum absolute atomic E-state index is 8.94. The van der Waals surface area contributed by atoms with Gasteiger partial charge in [0.25, 0.3) is 0 Å². The number of nitrogens with one attached hydrogen (secondary N) is 1. The third kappa shape index (κ3) is 9.18. The summed E-state index contributed by atoms with van der Waals surface area (Å²) in [6.07, 6.45) is 12.8. The number of hydrogen-bond donors (Lipinski definition) is 1. The van der Waals surface area contributed by atoms with E-state index in [4.69, 9.17) is 43.2 Å². The first-order valence-electron chi connectivity index (χ1n) is 17.3. The summed E-state index contributed by atoms with van der Waals surface area (Å²) < 4.78 is 14.4. The van der Waals surface area contributed by atoms with Gasteiger partial charge in [-0.15, -0.1) is 0 Å². The second-order valence-electron chi connectivity index (χ2n) is 13.8. The molecule has 0 bridgehead atoms. The van der Waals surface area contributed by atoms with Gasteiger partial charge in [-0.2, -0.15) is 10.5 Å². The average Bonchev–Trinajstić information content (AvgIpc) is 3.74. The molecule has 2 saturated carbocycles. The number of imidazole rings is 2. The highest BCUT2D eigenvalue weighted by atomic mass is 35.5. The van der Waals surface area contributed by atoms with E-state index in [1.165, 1.54) is 17.2 Å². The Bertz CT molecular complexity index is 1780. The summed E-state index contributed by atoms with van der Waals surface area (Å²) in [5.41, 5.74) is 3.50. The predicted molar refractivity (Wildman–Crippen MR) is 194 cm³/mol. The highest BCUT2D eigenvalue weighted by molar-refractivity contribution is 6.32.